The molecule has 0 aromatic heterocycles. The Balaban J connectivity index is 1.13. The summed E-state index contributed by atoms with van der Waals surface area (Å²) in [5.74, 6) is 3.60. The van der Waals surface area contributed by atoms with E-state index in [0.717, 1.165) is 43.3 Å². The fourth-order valence-corrected chi connectivity index (χ4v) is 7.14. The van der Waals surface area contributed by atoms with E-state index >= 15 is 0 Å². The van der Waals surface area contributed by atoms with Crippen LogP contribution in [0.4, 0.5) is 0 Å². The molecule has 178 valence electrons. The Morgan fingerprint density at radius 2 is 1.50 bits per heavy atom. The van der Waals surface area contributed by atoms with Gasteiger partial charge in [0.1, 0.15) is 11.4 Å². The quantitative estimate of drug-likeness (QED) is 0.321. The van der Waals surface area contributed by atoms with E-state index in [4.69, 9.17) is 19.2 Å². The van der Waals surface area contributed by atoms with Crippen molar-refractivity contribution in [2.75, 3.05) is 13.7 Å². The van der Waals surface area contributed by atoms with E-state index in [0.29, 0.717) is 17.8 Å². The van der Waals surface area contributed by atoms with Crippen molar-refractivity contribution in [3.05, 3.63) is 29.8 Å². The first kappa shape index (κ1) is 22.6. The lowest BCUT2D eigenvalue weighted by Crippen LogP contribution is -2.60. The third kappa shape index (κ3) is 4.34. The summed E-state index contributed by atoms with van der Waals surface area (Å²) in [5, 5.41) is 9.40. The van der Waals surface area contributed by atoms with Crippen LogP contribution in [0.1, 0.15) is 83.1 Å². The molecule has 0 amide bonds. The summed E-state index contributed by atoms with van der Waals surface area (Å²) >= 11 is 0. The minimum atomic E-state index is -0.562. The van der Waals surface area contributed by atoms with Crippen LogP contribution in [0.2, 0.25) is 0 Å². The molecule has 1 N–H and O–H groups in total. The second-order valence-electron chi connectivity index (χ2n) is 11.5. The van der Waals surface area contributed by atoms with Crippen LogP contribution in [0.25, 0.3) is 0 Å². The first-order valence-corrected chi connectivity index (χ1v) is 12.7. The molecule has 5 nitrogen and oxygen atoms in total. The minimum Gasteiger partial charge on any atom is -0.485 e. The van der Waals surface area contributed by atoms with Crippen LogP contribution in [0.3, 0.4) is 0 Å². The van der Waals surface area contributed by atoms with Crippen molar-refractivity contribution in [1.82, 2.24) is 0 Å². The third-order valence-electron chi connectivity index (χ3n) is 8.71. The molecule has 5 aliphatic carbocycles. The third-order valence-corrected chi connectivity index (χ3v) is 8.71. The van der Waals surface area contributed by atoms with E-state index in [-0.39, 0.29) is 12.7 Å². The number of ether oxygens (including phenoxy) is 2. The fourth-order valence-electron chi connectivity index (χ4n) is 7.14. The molecule has 5 heteroatoms. The number of hydrogen-bond donors (Lipinski definition) is 1. The molecule has 0 aliphatic heterocycles. The average Bonchev–Trinajstić information content (AvgIpc) is 2.79. The van der Waals surface area contributed by atoms with Gasteiger partial charge >= 0.3 is 0 Å². The van der Waals surface area contributed by atoms with Gasteiger partial charge in [-0.05, 0) is 107 Å². The summed E-state index contributed by atoms with van der Waals surface area (Å²) in [4.78, 5) is 12.4. The van der Waals surface area contributed by atoms with Crippen molar-refractivity contribution < 1.29 is 24.4 Å². The lowest BCUT2D eigenvalue weighted by Gasteiger charge is -2.58. The van der Waals surface area contributed by atoms with Gasteiger partial charge in [-0.1, -0.05) is 12.1 Å². The highest BCUT2D eigenvalue weighted by Crippen LogP contribution is 2.60. The first-order valence-electron chi connectivity index (χ1n) is 12.7. The van der Waals surface area contributed by atoms with Gasteiger partial charge in [0.15, 0.2) is 0 Å². The number of rotatable bonds is 8. The molecule has 5 aliphatic rings. The Hall–Kier alpha value is -1.14. The number of hydrogen-bond acceptors (Lipinski definition) is 5. The number of methoxy groups -OCH3 is 1. The van der Waals surface area contributed by atoms with Gasteiger partial charge in [0.25, 0.3) is 0 Å². The lowest BCUT2D eigenvalue weighted by atomic mass is 9.53. The van der Waals surface area contributed by atoms with Crippen molar-refractivity contribution in [1.29, 1.82) is 0 Å². The Morgan fingerprint density at radius 1 is 0.906 bits per heavy atom. The van der Waals surface area contributed by atoms with E-state index in [2.05, 4.69) is 12.1 Å². The van der Waals surface area contributed by atoms with Crippen LogP contribution in [0.15, 0.2) is 24.3 Å². The molecule has 0 unspecified atom stereocenters. The van der Waals surface area contributed by atoms with E-state index in [1.807, 2.05) is 33.1 Å². The zero-order valence-corrected chi connectivity index (χ0v) is 19.9. The predicted octanol–water partition coefficient (Wildman–Crippen LogP) is 5.61. The zero-order valence-electron chi connectivity index (χ0n) is 19.9. The highest BCUT2D eigenvalue weighted by atomic mass is 17.2. The second kappa shape index (κ2) is 8.90. The standard InChI is InChI=1S/C27H40O5/c1-26(2,17-28)30-24-8-4-20(5-9-24)21-6-10-25(11-7-21)31-32-27(29-3)22-13-18-12-19(15-22)16-23(27)14-18/h4-5,8-9,18-19,21-23,25,28H,6-7,10-17H2,1-3H3. The molecule has 4 bridgehead atoms. The van der Waals surface area contributed by atoms with Crippen molar-refractivity contribution in [3.8, 4) is 5.75 Å². The van der Waals surface area contributed by atoms with Crippen molar-refractivity contribution in [2.45, 2.75) is 95.0 Å². The molecular formula is C27H40O5. The summed E-state index contributed by atoms with van der Waals surface area (Å²) < 4.78 is 11.9. The maximum absolute atomic E-state index is 9.40. The van der Waals surface area contributed by atoms with Crippen LogP contribution in [-0.4, -0.2) is 36.3 Å². The van der Waals surface area contributed by atoms with Gasteiger partial charge in [-0.3, -0.25) is 0 Å². The average molecular weight is 445 g/mol. The Labute approximate surface area is 192 Å². The molecule has 5 saturated carbocycles. The number of aliphatic hydroxyl groups is 1. The van der Waals surface area contributed by atoms with E-state index < -0.39 is 11.4 Å². The molecule has 32 heavy (non-hydrogen) atoms. The Morgan fingerprint density at radius 3 is 2.03 bits per heavy atom. The number of aliphatic hydroxyl groups excluding tert-OH is 1. The monoisotopic (exact) mass is 444 g/mol. The highest BCUT2D eigenvalue weighted by Gasteiger charge is 2.60. The predicted molar refractivity (Wildman–Crippen MR) is 122 cm³/mol. The first-order chi connectivity index (χ1) is 15.4. The maximum atomic E-state index is 9.40. The lowest BCUT2D eigenvalue weighted by molar-refractivity contribution is -0.485. The summed E-state index contributed by atoms with van der Waals surface area (Å²) in [6, 6.07) is 8.37. The van der Waals surface area contributed by atoms with Gasteiger partial charge in [-0.15, -0.1) is 0 Å². The topological polar surface area (TPSA) is 57.2 Å². The van der Waals surface area contributed by atoms with E-state index in [1.54, 1.807) is 0 Å². The van der Waals surface area contributed by atoms with Crippen LogP contribution in [-0.2, 0) is 14.5 Å². The van der Waals surface area contributed by atoms with Crippen LogP contribution >= 0.6 is 0 Å². The molecule has 1 aromatic rings. The molecular weight excluding hydrogens is 404 g/mol. The van der Waals surface area contributed by atoms with Gasteiger partial charge in [0.2, 0.25) is 5.79 Å². The molecule has 0 spiro atoms. The summed E-state index contributed by atoms with van der Waals surface area (Å²) in [6.45, 7) is 3.77. The van der Waals surface area contributed by atoms with Gasteiger partial charge in [-0.2, -0.15) is 0 Å². The largest absolute Gasteiger partial charge is 0.485 e. The molecule has 0 atom stereocenters. The second-order valence-corrected chi connectivity index (χ2v) is 11.5. The zero-order chi connectivity index (χ0) is 22.3. The van der Waals surface area contributed by atoms with Gasteiger partial charge in [0, 0.05) is 18.9 Å². The van der Waals surface area contributed by atoms with Crippen molar-refractivity contribution in [3.63, 3.8) is 0 Å². The normalized spacial score (nSPS) is 38.8. The molecule has 6 rings (SSSR count). The smallest absolute Gasteiger partial charge is 0.207 e. The maximum Gasteiger partial charge on any atom is 0.207 e. The van der Waals surface area contributed by atoms with Gasteiger partial charge in [0.05, 0.1) is 12.7 Å². The Kier molecular flexibility index (Phi) is 6.30. The SMILES string of the molecule is COC1(OOC2CCC(c3ccc(OC(C)(C)CO)cc3)CC2)C2CC3CC(C2)CC1C3. The van der Waals surface area contributed by atoms with Crippen LogP contribution in [0, 0.1) is 23.7 Å². The Bertz CT molecular complexity index is 737. The molecule has 1 aromatic carbocycles. The van der Waals surface area contributed by atoms with Crippen molar-refractivity contribution in [2.24, 2.45) is 23.7 Å². The highest BCUT2D eigenvalue weighted by molar-refractivity contribution is 5.30. The van der Waals surface area contributed by atoms with Crippen LogP contribution < -0.4 is 4.74 Å². The molecule has 0 heterocycles. The summed E-state index contributed by atoms with van der Waals surface area (Å²) in [6.07, 6.45) is 10.8. The molecule has 0 radical (unpaired) electrons. The van der Waals surface area contributed by atoms with Gasteiger partial charge in [-0.25, -0.2) is 9.78 Å². The van der Waals surface area contributed by atoms with E-state index in [9.17, 15) is 5.11 Å². The summed E-state index contributed by atoms with van der Waals surface area (Å²) in [7, 11) is 1.82. The fraction of sp³-hybridized carbons (Fsp3) is 0.778. The van der Waals surface area contributed by atoms with Crippen molar-refractivity contribution >= 4 is 0 Å². The summed E-state index contributed by atoms with van der Waals surface area (Å²) in [5.41, 5.74) is 0.793. The number of benzene rings is 1. The molecule has 5 fully saturated rings. The minimum absolute atomic E-state index is 0.00610. The molecule has 0 saturated heterocycles. The van der Waals surface area contributed by atoms with Crippen LogP contribution in [0.5, 0.6) is 5.75 Å². The van der Waals surface area contributed by atoms with Gasteiger partial charge < -0.3 is 14.6 Å². The van der Waals surface area contributed by atoms with E-state index in [1.165, 1.54) is 37.7 Å².